The Morgan fingerprint density at radius 3 is 2.79 bits per heavy atom. The standard InChI is InChI=1S/C22H26F2O4S/c1-11-6-13-14-8-16(24)15-7-12(25)4-5-19(15,2)22(14)17(28-22)9-20(13,3)21(11,27)18(26)29-10-23/h4-5,11,13-14,17,27H,6-10H2,1-3H3/t11-,13?,14?,17+,19+,20+,21+,22-/m1/s1. The molecule has 5 rings (SSSR count). The summed E-state index contributed by atoms with van der Waals surface area (Å²) in [6.07, 6.45) is 4.40. The van der Waals surface area contributed by atoms with Crippen LogP contribution in [0.4, 0.5) is 8.78 Å². The highest BCUT2D eigenvalue weighted by atomic mass is 32.2. The van der Waals surface area contributed by atoms with E-state index in [1.54, 1.807) is 6.08 Å². The number of carbonyl (C=O) groups is 2. The molecule has 2 saturated carbocycles. The van der Waals surface area contributed by atoms with Crippen molar-refractivity contribution < 1.29 is 28.2 Å². The lowest BCUT2D eigenvalue weighted by atomic mass is 9.47. The number of aliphatic hydroxyl groups is 1. The number of fused-ring (bicyclic) bond motifs is 3. The first-order valence-electron chi connectivity index (χ1n) is 10.3. The zero-order valence-corrected chi connectivity index (χ0v) is 17.7. The van der Waals surface area contributed by atoms with E-state index >= 15 is 4.39 Å². The Morgan fingerprint density at radius 2 is 2.10 bits per heavy atom. The number of rotatable bonds is 2. The minimum Gasteiger partial charge on any atom is -0.380 e. The maximum Gasteiger partial charge on any atom is 0.223 e. The minimum atomic E-state index is -1.66. The largest absolute Gasteiger partial charge is 0.380 e. The second-order valence-electron chi connectivity index (χ2n) is 9.94. The van der Waals surface area contributed by atoms with Crippen LogP contribution in [-0.4, -0.2) is 39.3 Å². The van der Waals surface area contributed by atoms with E-state index in [4.69, 9.17) is 4.74 Å². The number of hydrogen-bond donors (Lipinski definition) is 1. The van der Waals surface area contributed by atoms with Crippen LogP contribution in [0.25, 0.3) is 0 Å². The van der Waals surface area contributed by atoms with Gasteiger partial charge in [-0.3, -0.25) is 9.59 Å². The van der Waals surface area contributed by atoms with Crippen LogP contribution in [0.3, 0.4) is 0 Å². The van der Waals surface area contributed by atoms with Gasteiger partial charge >= 0.3 is 0 Å². The second-order valence-corrected chi connectivity index (χ2v) is 10.8. The molecule has 7 heteroatoms. The number of alkyl halides is 1. The summed E-state index contributed by atoms with van der Waals surface area (Å²) in [6.45, 7) is 5.68. The Labute approximate surface area is 173 Å². The van der Waals surface area contributed by atoms with Gasteiger partial charge < -0.3 is 9.84 Å². The summed E-state index contributed by atoms with van der Waals surface area (Å²) < 4.78 is 34.6. The van der Waals surface area contributed by atoms with Gasteiger partial charge in [0.25, 0.3) is 0 Å². The normalized spacial score (nSPS) is 52.6. The minimum absolute atomic E-state index is 0.0806. The molecule has 1 spiro atoms. The maximum absolute atomic E-state index is 15.3. The summed E-state index contributed by atoms with van der Waals surface area (Å²) in [5, 5.41) is 11.0. The van der Waals surface area contributed by atoms with Crippen LogP contribution in [-0.2, 0) is 14.3 Å². The molecule has 0 amide bonds. The number of ketones is 1. The van der Waals surface area contributed by atoms with Crippen molar-refractivity contribution in [2.45, 2.75) is 63.8 Å². The van der Waals surface area contributed by atoms with Gasteiger partial charge in [0, 0.05) is 29.6 Å². The van der Waals surface area contributed by atoms with Crippen LogP contribution in [0.15, 0.2) is 23.6 Å². The highest BCUT2D eigenvalue weighted by Crippen LogP contribution is 2.76. The number of hydrogen-bond acceptors (Lipinski definition) is 5. The zero-order valence-electron chi connectivity index (χ0n) is 16.8. The highest BCUT2D eigenvalue weighted by Gasteiger charge is 2.82. The van der Waals surface area contributed by atoms with E-state index in [-0.39, 0.29) is 48.3 Å². The molecule has 3 fully saturated rings. The third-order valence-corrected chi connectivity index (χ3v) is 9.71. The average Bonchev–Trinajstić information content (AvgIpc) is 3.34. The topological polar surface area (TPSA) is 66.9 Å². The van der Waals surface area contributed by atoms with Crippen molar-refractivity contribution in [2.75, 3.05) is 6.01 Å². The lowest BCUT2D eigenvalue weighted by Crippen LogP contribution is -2.61. The van der Waals surface area contributed by atoms with Crippen LogP contribution in [0.1, 0.15) is 46.5 Å². The van der Waals surface area contributed by atoms with Crippen LogP contribution in [0.5, 0.6) is 0 Å². The third-order valence-electron chi connectivity index (χ3n) is 9.03. The van der Waals surface area contributed by atoms with Gasteiger partial charge in [-0.15, -0.1) is 0 Å². The van der Waals surface area contributed by atoms with Crippen molar-refractivity contribution in [1.29, 1.82) is 0 Å². The first kappa shape index (κ1) is 19.9. The molecule has 0 aromatic carbocycles. The number of halogens is 2. The number of ether oxygens (including phenoxy) is 1. The Balaban J connectivity index is 1.61. The molecule has 0 radical (unpaired) electrons. The smallest absolute Gasteiger partial charge is 0.223 e. The number of epoxide rings is 1. The number of thioether (sulfide) groups is 1. The predicted molar refractivity (Wildman–Crippen MR) is 104 cm³/mol. The molecule has 1 aliphatic heterocycles. The highest BCUT2D eigenvalue weighted by molar-refractivity contribution is 8.13. The molecule has 1 N–H and O–H groups in total. The van der Waals surface area contributed by atoms with Crippen LogP contribution < -0.4 is 0 Å². The van der Waals surface area contributed by atoms with Gasteiger partial charge in [0.1, 0.15) is 23.0 Å². The molecule has 1 saturated heterocycles. The van der Waals surface area contributed by atoms with E-state index < -0.39 is 33.2 Å². The van der Waals surface area contributed by atoms with Crippen LogP contribution in [0, 0.1) is 28.6 Å². The van der Waals surface area contributed by atoms with E-state index in [1.165, 1.54) is 6.08 Å². The Bertz CT molecular complexity index is 886. The van der Waals surface area contributed by atoms with Crippen molar-refractivity contribution in [2.24, 2.45) is 28.6 Å². The SMILES string of the molecule is C[C@@H]1CC2C3CC(F)=C4CC(=O)C=C[C@]4(C)[C@@]34O[C@H]4C[C@]2(C)[C@@]1(O)C(=O)SCF. The van der Waals surface area contributed by atoms with Crippen molar-refractivity contribution in [3.63, 3.8) is 0 Å². The second kappa shape index (κ2) is 5.80. The summed E-state index contributed by atoms with van der Waals surface area (Å²) in [5.41, 5.74) is -3.23. The molecule has 4 nitrogen and oxygen atoms in total. The molecule has 5 aliphatic rings. The van der Waals surface area contributed by atoms with Crippen molar-refractivity contribution in [3.05, 3.63) is 23.6 Å². The third kappa shape index (κ3) is 2.07. The van der Waals surface area contributed by atoms with Gasteiger partial charge in [0.05, 0.1) is 6.10 Å². The zero-order chi connectivity index (χ0) is 21.0. The lowest BCUT2D eigenvalue weighted by molar-refractivity contribution is -0.153. The molecule has 0 aromatic rings. The van der Waals surface area contributed by atoms with Crippen LogP contribution in [0.2, 0.25) is 0 Å². The monoisotopic (exact) mass is 424 g/mol. The fourth-order valence-electron chi connectivity index (χ4n) is 7.54. The molecule has 2 unspecified atom stereocenters. The van der Waals surface area contributed by atoms with Gasteiger partial charge in [-0.05, 0) is 43.3 Å². The fourth-order valence-corrected chi connectivity index (χ4v) is 8.30. The van der Waals surface area contributed by atoms with E-state index in [2.05, 4.69) is 0 Å². The summed E-state index contributed by atoms with van der Waals surface area (Å²) in [6, 6.07) is -0.875. The lowest BCUT2D eigenvalue weighted by Gasteiger charge is -2.55. The van der Waals surface area contributed by atoms with Gasteiger partial charge in [-0.25, -0.2) is 8.78 Å². The maximum atomic E-state index is 15.3. The molecule has 0 aromatic heterocycles. The van der Waals surface area contributed by atoms with Gasteiger partial charge in [-0.2, -0.15) is 0 Å². The summed E-state index contributed by atoms with van der Waals surface area (Å²) >= 11 is 0.518. The summed E-state index contributed by atoms with van der Waals surface area (Å²) in [5.74, 6) is -1.02. The van der Waals surface area contributed by atoms with E-state index in [0.717, 1.165) is 0 Å². The van der Waals surface area contributed by atoms with E-state index in [9.17, 15) is 19.1 Å². The molecular formula is C22H26F2O4S. The summed E-state index contributed by atoms with van der Waals surface area (Å²) in [4.78, 5) is 24.8. The van der Waals surface area contributed by atoms with E-state index in [0.29, 0.717) is 30.2 Å². The van der Waals surface area contributed by atoms with Gasteiger partial charge in [0.2, 0.25) is 5.12 Å². The Morgan fingerprint density at radius 1 is 1.38 bits per heavy atom. The molecule has 29 heavy (non-hydrogen) atoms. The van der Waals surface area contributed by atoms with Crippen molar-refractivity contribution in [3.8, 4) is 0 Å². The van der Waals surface area contributed by atoms with Crippen molar-refractivity contribution >= 4 is 22.7 Å². The van der Waals surface area contributed by atoms with Gasteiger partial charge in [-0.1, -0.05) is 31.7 Å². The van der Waals surface area contributed by atoms with E-state index in [1.807, 2.05) is 20.8 Å². The Kier molecular flexibility index (Phi) is 3.98. The first-order chi connectivity index (χ1) is 13.6. The number of carbonyl (C=O) groups excluding carboxylic acids is 2. The molecule has 1 heterocycles. The van der Waals surface area contributed by atoms with Crippen LogP contribution >= 0.6 is 11.8 Å². The quantitative estimate of drug-likeness (QED) is 0.682. The molecule has 158 valence electrons. The Hall–Kier alpha value is -1.05. The molecule has 0 bridgehead atoms. The first-order valence-corrected chi connectivity index (χ1v) is 11.3. The average molecular weight is 425 g/mol. The molecule has 4 aliphatic carbocycles. The molecular weight excluding hydrogens is 398 g/mol. The summed E-state index contributed by atoms with van der Waals surface area (Å²) in [7, 11) is 0. The predicted octanol–water partition coefficient (Wildman–Crippen LogP) is 3.89. The fraction of sp³-hybridized carbons (Fsp3) is 0.727. The van der Waals surface area contributed by atoms with Crippen molar-refractivity contribution in [1.82, 2.24) is 0 Å². The number of allylic oxidation sites excluding steroid dienone is 2. The molecule has 8 atom stereocenters. The van der Waals surface area contributed by atoms with Gasteiger partial charge in [0.15, 0.2) is 5.78 Å².